The molecule has 2 aliphatic rings. The van der Waals surface area contributed by atoms with Gasteiger partial charge in [0.05, 0.1) is 17.5 Å². The average Bonchev–Trinajstić information content (AvgIpc) is 3.24. The van der Waals surface area contributed by atoms with E-state index in [9.17, 15) is 4.79 Å². The Bertz CT molecular complexity index is 464. The summed E-state index contributed by atoms with van der Waals surface area (Å²) in [5.74, 6) is -0.0251. The molecule has 1 N–H and O–H groups in total. The molecule has 102 valence electrons. The number of carbonyl (C=O) groups is 1. The second-order valence-electron chi connectivity index (χ2n) is 5.60. The molecule has 1 aliphatic heterocycles. The molecule has 2 heterocycles. The van der Waals surface area contributed by atoms with Crippen LogP contribution in [0.4, 0.5) is 0 Å². The molecule has 19 heavy (non-hydrogen) atoms. The molecule has 1 aliphatic carbocycles. The lowest BCUT2D eigenvalue weighted by molar-refractivity contribution is 0.0908. The number of carbonyl (C=O) groups excluding carboxylic acids is 1. The number of aromatic nitrogens is 2. The Hall–Kier alpha value is -1.49. The van der Waals surface area contributed by atoms with Crippen molar-refractivity contribution in [3.8, 4) is 0 Å². The van der Waals surface area contributed by atoms with Gasteiger partial charge in [-0.1, -0.05) is 0 Å². The standard InChI is InChI=1S/C14H20N4O/c1-10-8-11(9-15-17-10)14(19)16-12-4-6-18(7-5-12)13-2-3-13/h8-9,12-13H,2-7H2,1H3,(H,16,19). The van der Waals surface area contributed by atoms with E-state index >= 15 is 0 Å². The largest absolute Gasteiger partial charge is 0.349 e. The molecule has 5 nitrogen and oxygen atoms in total. The van der Waals surface area contributed by atoms with Crippen molar-refractivity contribution in [2.45, 2.75) is 44.7 Å². The van der Waals surface area contributed by atoms with E-state index < -0.39 is 0 Å². The van der Waals surface area contributed by atoms with Gasteiger partial charge in [0.2, 0.25) is 0 Å². The fourth-order valence-electron chi connectivity index (χ4n) is 2.71. The fourth-order valence-corrected chi connectivity index (χ4v) is 2.71. The highest BCUT2D eigenvalue weighted by Crippen LogP contribution is 2.29. The Labute approximate surface area is 113 Å². The van der Waals surface area contributed by atoms with Crippen molar-refractivity contribution in [2.24, 2.45) is 0 Å². The zero-order valence-electron chi connectivity index (χ0n) is 11.3. The third-order valence-electron chi connectivity index (χ3n) is 3.97. The highest BCUT2D eigenvalue weighted by molar-refractivity contribution is 5.94. The SMILES string of the molecule is Cc1cc(C(=O)NC2CCN(C3CC3)CC2)cnn1. The van der Waals surface area contributed by atoms with Gasteiger partial charge in [-0.15, -0.1) is 0 Å². The highest BCUT2D eigenvalue weighted by atomic mass is 16.1. The molecule has 2 fully saturated rings. The van der Waals surface area contributed by atoms with E-state index in [0.717, 1.165) is 37.7 Å². The molecule has 1 aromatic heterocycles. The first-order valence-corrected chi connectivity index (χ1v) is 7.06. The number of amides is 1. The summed E-state index contributed by atoms with van der Waals surface area (Å²) in [4.78, 5) is 14.7. The maximum atomic E-state index is 12.1. The molecule has 1 aromatic rings. The summed E-state index contributed by atoms with van der Waals surface area (Å²) in [5, 5.41) is 10.8. The van der Waals surface area contributed by atoms with Gasteiger partial charge in [0.15, 0.2) is 0 Å². The summed E-state index contributed by atoms with van der Waals surface area (Å²) in [6, 6.07) is 2.92. The minimum Gasteiger partial charge on any atom is -0.349 e. The second kappa shape index (κ2) is 5.25. The number of piperidine rings is 1. The second-order valence-corrected chi connectivity index (χ2v) is 5.60. The lowest BCUT2D eigenvalue weighted by Gasteiger charge is -2.32. The van der Waals surface area contributed by atoms with Crippen LogP contribution in [0.25, 0.3) is 0 Å². The summed E-state index contributed by atoms with van der Waals surface area (Å²) in [5.41, 5.74) is 1.38. The van der Waals surface area contributed by atoms with Gasteiger partial charge >= 0.3 is 0 Å². The molecule has 5 heteroatoms. The van der Waals surface area contributed by atoms with E-state index in [4.69, 9.17) is 0 Å². The summed E-state index contributed by atoms with van der Waals surface area (Å²) >= 11 is 0. The number of aryl methyl sites for hydroxylation is 1. The van der Waals surface area contributed by atoms with E-state index in [1.807, 2.05) is 6.92 Å². The molecule has 0 spiro atoms. The first-order chi connectivity index (χ1) is 9.22. The Kier molecular flexibility index (Phi) is 3.46. The predicted molar refractivity (Wildman–Crippen MR) is 71.9 cm³/mol. The normalized spacial score (nSPS) is 21.3. The van der Waals surface area contributed by atoms with Crippen molar-refractivity contribution in [3.63, 3.8) is 0 Å². The topological polar surface area (TPSA) is 58.1 Å². The van der Waals surface area contributed by atoms with Gasteiger partial charge < -0.3 is 10.2 Å². The molecule has 0 aromatic carbocycles. The van der Waals surface area contributed by atoms with Crippen LogP contribution < -0.4 is 5.32 Å². The summed E-state index contributed by atoms with van der Waals surface area (Å²) in [6.45, 7) is 4.07. The third-order valence-corrected chi connectivity index (χ3v) is 3.97. The monoisotopic (exact) mass is 260 g/mol. The molecule has 0 radical (unpaired) electrons. The number of hydrogen-bond acceptors (Lipinski definition) is 4. The fraction of sp³-hybridized carbons (Fsp3) is 0.643. The number of nitrogens with one attached hydrogen (secondary N) is 1. The highest BCUT2D eigenvalue weighted by Gasteiger charge is 2.32. The van der Waals surface area contributed by atoms with Crippen LogP contribution in [0, 0.1) is 6.92 Å². The molecule has 1 saturated carbocycles. The molecule has 0 unspecified atom stereocenters. The Morgan fingerprint density at radius 1 is 1.32 bits per heavy atom. The van der Waals surface area contributed by atoms with Gasteiger partial charge in [-0.3, -0.25) is 4.79 Å². The number of nitrogens with zero attached hydrogens (tertiary/aromatic N) is 3. The van der Waals surface area contributed by atoms with Gasteiger partial charge in [0.25, 0.3) is 5.91 Å². The van der Waals surface area contributed by atoms with Gasteiger partial charge in [0.1, 0.15) is 0 Å². The van der Waals surface area contributed by atoms with E-state index in [-0.39, 0.29) is 5.91 Å². The predicted octanol–water partition coefficient (Wildman–Crippen LogP) is 1.14. The first-order valence-electron chi connectivity index (χ1n) is 7.06. The van der Waals surface area contributed by atoms with Crippen LogP contribution in [0.1, 0.15) is 41.7 Å². The molecule has 3 rings (SSSR count). The smallest absolute Gasteiger partial charge is 0.253 e. The van der Waals surface area contributed by atoms with Crippen LogP contribution in [0.5, 0.6) is 0 Å². The zero-order chi connectivity index (χ0) is 13.2. The number of rotatable bonds is 3. The van der Waals surface area contributed by atoms with Crippen LogP contribution in [-0.2, 0) is 0 Å². The molecule has 1 saturated heterocycles. The lowest BCUT2D eigenvalue weighted by atomic mass is 10.0. The van der Waals surface area contributed by atoms with Gasteiger partial charge in [-0.25, -0.2) is 0 Å². The van der Waals surface area contributed by atoms with Crippen LogP contribution in [0.2, 0.25) is 0 Å². The molecule has 0 atom stereocenters. The summed E-state index contributed by atoms with van der Waals surface area (Å²) in [7, 11) is 0. The molecular formula is C14H20N4O. The number of likely N-dealkylation sites (tertiary alicyclic amines) is 1. The van der Waals surface area contributed by atoms with Crippen molar-refractivity contribution < 1.29 is 4.79 Å². The minimum atomic E-state index is -0.0251. The minimum absolute atomic E-state index is 0.0251. The molecule has 1 amide bonds. The quantitative estimate of drug-likeness (QED) is 0.885. The Balaban J connectivity index is 1.52. The lowest BCUT2D eigenvalue weighted by Crippen LogP contribution is -2.45. The zero-order valence-corrected chi connectivity index (χ0v) is 11.3. The van der Waals surface area contributed by atoms with Gasteiger partial charge in [0, 0.05) is 25.2 Å². The van der Waals surface area contributed by atoms with Gasteiger partial charge in [-0.2, -0.15) is 10.2 Å². The van der Waals surface area contributed by atoms with E-state index in [2.05, 4.69) is 20.4 Å². The molecule has 0 bridgehead atoms. The van der Waals surface area contributed by atoms with Crippen LogP contribution in [0.3, 0.4) is 0 Å². The van der Waals surface area contributed by atoms with Crippen LogP contribution in [-0.4, -0.2) is 46.2 Å². The van der Waals surface area contributed by atoms with Gasteiger partial charge in [-0.05, 0) is 38.7 Å². The third kappa shape index (κ3) is 3.10. The van der Waals surface area contributed by atoms with E-state index in [1.54, 1.807) is 6.07 Å². The van der Waals surface area contributed by atoms with E-state index in [0.29, 0.717) is 11.6 Å². The summed E-state index contributed by atoms with van der Waals surface area (Å²) < 4.78 is 0. The van der Waals surface area contributed by atoms with Crippen molar-refractivity contribution in [3.05, 3.63) is 23.5 Å². The number of hydrogen-bond donors (Lipinski definition) is 1. The van der Waals surface area contributed by atoms with Crippen LogP contribution >= 0.6 is 0 Å². The molecular weight excluding hydrogens is 240 g/mol. The van der Waals surface area contributed by atoms with Crippen molar-refractivity contribution >= 4 is 5.91 Å². The maximum Gasteiger partial charge on any atom is 0.253 e. The Morgan fingerprint density at radius 3 is 2.68 bits per heavy atom. The van der Waals surface area contributed by atoms with Crippen molar-refractivity contribution in [1.29, 1.82) is 0 Å². The average molecular weight is 260 g/mol. The van der Waals surface area contributed by atoms with Crippen molar-refractivity contribution in [1.82, 2.24) is 20.4 Å². The van der Waals surface area contributed by atoms with Crippen LogP contribution in [0.15, 0.2) is 12.3 Å². The Morgan fingerprint density at radius 2 is 2.05 bits per heavy atom. The summed E-state index contributed by atoms with van der Waals surface area (Å²) in [6.07, 6.45) is 6.36. The first kappa shape index (κ1) is 12.5. The van der Waals surface area contributed by atoms with E-state index in [1.165, 1.54) is 19.0 Å². The maximum absolute atomic E-state index is 12.1. The van der Waals surface area contributed by atoms with Crippen molar-refractivity contribution in [2.75, 3.05) is 13.1 Å².